The lowest BCUT2D eigenvalue weighted by Crippen LogP contribution is -1.96. The average molecular weight is 251 g/mol. The summed E-state index contributed by atoms with van der Waals surface area (Å²) >= 11 is 7.42. The zero-order valence-electron chi connectivity index (χ0n) is 8.56. The van der Waals surface area contributed by atoms with Crippen molar-refractivity contribution in [3.63, 3.8) is 0 Å². The zero-order chi connectivity index (χ0) is 11.4. The predicted octanol–water partition coefficient (Wildman–Crippen LogP) is 3.34. The second-order valence-electron chi connectivity index (χ2n) is 3.26. The molecule has 2 N–H and O–H groups in total. The van der Waals surface area contributed by atoms with E-state index in [-0.39, 0.29) is 0 Å². The number of halogens is 1. The molecule has 0 amide bonds. The Hall–Kier alpha value is -1.03. The minimum Gasteiger partial charge on any atom is -0.326 e. The van der Waals surface area contributed by atoms with Crippen LogP contribution in [0.25, 0.3) is 0 Å². The maximum absolute atomic E-state index is 5.82. The summed E-state index contributed by atoms with van der Waals surface area (Å²) in [5, 5.41) is 1.70. The second kappa shape index (κ2) is 5.34. The van der Waals surface area contributed by atoms with Crippen LogP contribution in [0.2, 0.25) is 5.02 Å². The molecule has 0 spiro atoms. The molecule has 0 aliphatic rings. The third-order valence-electron chi connectivity index (χ3n) is 2.07. The molecule has 2 aromatic rings. The minimum absolute atomic E-state index is 0.527. The van der Waals surface area contributed by atoms with E-state index < -0.39 is 0 Å². The second-order valence-corrected chi connectivity index (χ2v) is 4.80. The van der Waals surface area contributed by atoms with Gasteiger partial charge < -0.3 is 5.73 Å². The summed E-state index contributed by atoms with van der Waals surface area (Å²) in [5.74, 6) is 0. The molecule has 0 saturated carbocycles. The predicted molar refractivity (Wildman–Crippen MR) is 67.7 cm³/mol. The highest BCUT2D eigenvalue weighted by Gasteiger charge is 1.98. The van der Waals surface area contributed by atoms with Crippen molar-refractivity contribution < 1.29 is 0 Å². The van der Waals surface area contributed by atoms with Crippen molar-refractivity contribution in [3.8, 4) is 0 Å². The Balaban J connectivity index is 2.11. The summed E-state index contributed by atoms with van der Waals surface area (Å²) in [5.41, 5.74) is 6.55. The number of rotatable bonds is 3. The van der Waals surface area contributed by atoms with Crippen LogP contribution in [0.4, 0.5) is 0 Å². The summed E-state index contributed by atoms with van der Waals surface area (Å²) in [6, 6.07) is 11.7. The lowest BCUT2D eigenvalue weighted by molar-refractivity contribution is 1.01. The first-order valence-electron chi connectivity index (χ1n) is 4.86. The van der Waals surface area contributed by atoms with Gasteiger partial charge in [0.15, 0.2) is 0 Å². The van der Waals surface area contributed by atoms with Gasteiger partial charge in [0.1, 0.15) is 5.03 Å². The first-order valence-corrected chi connectivity index (χ1v) is 6.06. The maximum atomic E-state index is 5.82. The van der Waals surface area contributed by atoms with Crippen molar-refractivity contribution >= 4 is 23.4 Å². The van der Waals surface area contributed by atoms with Crippen LogP contribution in [0, 0.1) is 0 Å². The summed E-state index contributed by atoms with van der Waals surface area (Å²) in [6.45, 7) is 0.527. The molecule has 0 saturated heterocycles. The fourth-order valence-corrected chi connectivity index (χ4v) is 2.10. The Kier molecular flexibility index (Phi) is 3.83. The molecular formula is C12H11ClN2S. The van der Waals surface area contributed by atoms with E-state index in [9.17, 15) is 0 Å². The highest BCUT2D eigenvalue weighted by atomic mass is 35.5. The lowest BCUT2D eigenvalue weighted by Gasteiger charge is -2.02. The van der Waals surface area contributed by atoms with E-state index in [1.807, 2.05) is 36.4 Å². The molecule has 1 aromatic heterocycles. The Morgan fingerprint density at radius 2 is 1.88 bits per heavy atom. The van der Waals surface area contributed by atoms with Crippen LogP contribution in [0.5, 0.6) is 0 Å². The number of pyridine rings is 1. The van der Waals surface area contributed by atoms with Crippen molar-refractivity contribution in [1.29, 1.82) is 0 Å². The number of aromatic nitrogens is 1. The van der Waals surface area contributed by atoms with Crippen LogP contribution >= 0.6 is 23.4 Å². The molecule has 0 radical (unpaired) electrons. The first kappa shape index (κ1) is 11.5. The molecule has 1 aromatic carbocycles. The smallest absolute Gasteiger partial charge is 0.101 e. The van der Waals surface area contributed by atoms with Gasteiger partial charge >= 0.3 is 0 Å². The van der Waals surface area contributed by atoms with E-state index in [2.05, 4.69) is 4.98 Å². The van der Waals surface area contributed by atoms with Gasteiger partial charge in [0.2, 0.25) is 0 Å². The molecule has 0 bridgehead atoms. The van der Waals surface area contributed by atoms with E-state index in [1.54, 1.807) is 18.0 Å². The third kappa shape index (κ3) is 2.98. The Morgan fingerprint density at radius 1 is 1.12 bits per heavy atom. The SMILES string of the molecule is NCc1ccc(Sc2ccc(Cl)cc2)nc1. The maximum Gasteiger partial charge on any atom is 0.101 e. The van der Waals surface area contributed by atoms with Crippen LogP contribution < -0.4 is 5.73 Å². The topological polar surface area (TPSA) is 38.9 Å². The van der Waals surface area contributed by atoms with E-state index in [1.165, 1.54) is 0 Å². The van der Waals surface area contributed by atoms with Crippen molar-refractivity contribution in [2.45, 2.75) is 16.5 Å². The van der Waals surface area contributed by atoms with Gasteiger partial charge in [0, 0.05) is 22.7 Å². The molecule has 2 rings (SSSR count). The van der Waals surface area contributed by atoms with Gasteiger partial charge in [-0.1, -0.05) is 29.4 Å². The fraction of sp³-hybridized carbons (Fsp3) is 0.0833. The Bertz CT molecular complexity index is 453. The van der Waals surface area contributed by atoms with Crippen molar-refractivity contribution in [1.82, 2.24) is 4.98 Å². The average Bonchev–Trinajstić information content (AvgIpc) is 2.33. The van der Waals surface area contributed by atoms with Gasteiger partial charge in [-0.25, -0.2) is 4.98 Å². The first-order chi connectivity index (χ1) is 7.78. The normalized spacial score (nSPS) is 10.4. The molecule has 0 fully saturated rings. The summed E-state index contributed by atoms with van der Waals surface area (Å²) in [4.78, 5) is 5.44. The molecule has 0 aliphatic heterocycles. The summed E-state index contributed by atoms with van der Waals surface area (Å²) < 4.78 is 0. The van der Waals surface area contributed by atoms with Crippen LogP contribution in [0.3, 0.4) is 0 Å². The Labute approximate surface area is 104 Å². The van der Waals surface area contributed by atoms with Crippen molar-refractivity contribution in [2.24, 2.45) is 5.73 Å². The lowest BCUT2D eigenvalue weighted by atomic mass is 10.3. The van der Waals surface area contributed by atoms with Gasteiger partial charge in [0.25, 0.3) is 0 Å². The molecule has 0 unspecified atom stereocenters. The number of benzene rings is 1. The molecule has 0 aliphatic carbocycles. The van der Waals surface area contributed by atoms with E-state index in [4.69, 9.17) is 17.3 Å². The molecule has 2 nitrogen and oxygen atoms in total. The van der Waals surface area contributed by atoms with Crippen LogP contribution in [0.15, 0.2) is 52.5 Å². The molecule has 82 valence electrons. The molecule has 16 heavy (non-hydrogen) atoms. The van der Waals surface area contributed by atoms with Crippen molar-refractivity contribution in [2.75, 3.05) is 0 Å². The fourth-order valence-electron chi connectivity index (χ4n) is 1.22. The van der Waals surface area contributed by atoms with Gasteiger partial charge in [0.05, 0.1) is 0 Å². The number of hydrogen-bond donors (Lipinski definition) is 1. The van der Waals surface area contributed by atoms with Crippen molar-refractivity contribution in [3.05, 3.63) is 53.2 Å². The van der Waals surface area contributed by atoms with Crippen LogP contribution in [-0.2, 0) is 6.54 Å². The largest absolute Gasteiger partial charge is 0.326 e. The minimum atomic E-state index is 0.527. The summed E-state index contributed by atoms with van der Waals surface area (Å²) in [6.07, 6.45) is 1.80. The zero-order valence-corrected chi connectivity index (χ0v) is 10.1. The van der Waals surface area contributed by atoms with Crippen LogP contribution in [0.1, 0.15) is 5.56 Å². The number of nitrogens with zero attached hydrogens (tertiary/aromatic N) is 1. The van der Waals surface area contributed by atoms with Gasteiger partial charge in [-0.3, -0.25) is 0 Å². The number of nitrogens with two attached hydrogens (primary N) is 1. The standard InChI is InChI=1S/C12H11ClN2S/c13-10-2-4-11(5-3-10)16-12-6-1-9(7-14)8-15-12/h1-6,8H,7,14H2. The van der Waals surface area contributed by atoms with E-state index in [0.29, 0.717) is 6.54 Å². The van der Waals surface area contributed by atoms with Crippen LogP contribution in [-0.4, -0.2) is 4.98 Å². The Morgan fingerprint density at radius 3 is 2.44 bits per heavy atom. The van der Waals surface area contributed by atoms with E-state index in [0.717, 1.165) is 20.5 Å². The monoisotopic (exact) mass is 250 g/mol. The van der Waals surface area contributed by atoms with Gasteiger partial charge in [-0.2, -0.15) is 0 Å². The molecule has 1 heterocycles. The highest BCUT2D eigenvalue weighted by molar-refractivity contribution is 7.99. The number of hydrogen-bond acceptors (Lipinski definition) is 3. The molecule has 4 heteroatoms. The summed E-state index contributed by atoms with van der Waals surface area (Å²) in [7, 11) is 0. The molecule has 0 atom stereocenters. The van der Waals surface area contributed by atoms with E-state index >= 15 is 0 Å². The third-order valence-corrected chi connectivity index (χ3v) is 3.28. The van der Waals surface area contributed by atoms with Gasteiger partial charge in [-0.15, -0.1) is 0 Å². The molecular weight excluding hydrogens is 240 g/mol. The quantitative estimate of drug-likeness (QED) is 0.908. The van der Waals surface area contributed by atoms with Gasteiger partial charge in [-0.05, 0) is 35.9 Å². The highest BCUT2D eigenvalue weighted by Crippen LogP contribution is 2.26.